The van der Waals surface area contributed by atoms with Crippen LogP contribution in [0.15, 0.2) is 114 Å². The summed E-state index contributed by atoms with van der Waals surface area (Å²) in [6.45, 7) is 1.95. The van der Waals surface area contributed by atoms with E-state index in [9.17, 15) is 19.2 Å². The Morgan fingerprint density at radius 2 is 1.63 bits per heavy atom. The molecule has 1 unspecified atom stereocenters. The number of nitrogens with zero attached hydrogens (tertiary/aromatic N) is 1. The summed E-state index contributed by atoms with van der Waals surface area (Å²) < 4.78 is 5.29. The monoisotopic (exact) mass is 591 g/mol. The molecule has 1 fully saturated rings. The van der Waals surface area contributed by atoms with Crippen LogP contribution in [0.25, 0.3) is 6.08 Å². The Morgan fingerprint density at radius 3 is 2.33 bits per heavy atom. The first-order valence-corrected chi connectivity index (χ1v) is 14.4. The molecule has 0 aromatic heterocycles. The summed E-state index contributed by atoms with van der Waals surface area (Å²) in [5, 5.41) is 5.00. The molecule has 0 spiro atoms. The van der Waals surface area contributed by atoms with Crippen LogP contribution in [0.4, 0.5) is 11.4 Å². The summed E-state index contributed by atoms with van der Waals surface area (Å²) in [6.07, 6.45) is 1.68. The lowest BCUT2D eigenvalue weighted by Gasteiger charge is -2.15. The molecule has 0 bridgehead atoms. The number of anilines is 2. The van der Waals surface area contributed by atoms with E-state index in [1.54, 1.807) is 104 Å². The fourth-order valence-corrected chi connectivity index (χ4v) is 5.54. The van der Waals surface area contributed by atoms with Gasteiger partial charge in [-0.2, -0.15) is 0 Å². The van der Waals surface area contributed by atoms with Crippen molar-refractivity contribution in [2.24, 2.45) is 0 Å². The van der Waals surface area contributed by atoms with Crippen LogP contribution in [0.2, 0.25) is 0 Å². The van der Waals surface area contributed by atoms with Crippen LogP contribution in [0.5, 0.6) is 5.75 Å². The van der Waals surface area contributed by atoms with Gasteiger partial charge >= 0.3 is 0 Å². The van der Waals surface area contributed by atoms with Crippen molar-refractivity contribution >= 4 is 52.8 Å². The molecule has 1 aliphatic heterocycles. The molecule has 1 saturated heterocycles. The topological polar surface area (TPSA) is 105 Å². The molecule has 1 aliphatic rings. The molecule has 216 valence electrons. The van der Waals surface area contributed by atoms with E-state index in [1.165, 1.54) is 16.7 Å². The predicted molar refractivity (Wildman–Crippen MR) is 168 cm³/mol. The third-order valence-electron chi connectivity index (χ3n) is 6.72. The zero-order chi connectivity index (χ0) is 30.3. The first-order valence-electron chi connectivity index (χ1n) is 13.5. The second-order valence-electron chi connectivity index (χ2n) is 9.85. The number of nitrogens with one attached hydrogen (secondary N) is 2. The van der Waals surface area contributed by atoms with E-state index in [2.05, 4.69) is 10.6 Å². The normalized spacial score (nSPS) is 14.9. The van der Waals surface area contributed by atoms with Gasteiger partial charge in [0.05, 0.1) is 18.0 Å². The van der Waals surface area contributed by atoms with Crippen molar-refractivity contribution in [3.05, 3.63) is 126 Å². The van der Waals surface area contributed by atoms with Crippen molar-refractivity contribution in [2.75, 3.05) is 17.3 Å². The average molecular weight is 592 g/mol. The van der Waals surface area contributed by atoms with Gasteiger partial charge in [-0.1, -0.05) is 48.0 Å². The van der Waals surface area contributed by atoms with Gasteiger partial charge < -0.3 is 15.4 Å². The van der Waals surface area contributed by atoms with E-state index in [0.29, 0.717) is 28.3 Å². The minimum Gasteiger partial charge on any atom is -0.497 e. The van der Waals surface area contributed by atoms with Crippen molar-refractivity contribution in [2.45, 2.75) is 23.5 Å². The molecular formula is C34H29N3O5S. The molecule has 8 nitrogen and oxygen atoms in total. The molecule has 1 atom stereocenters. The minimum atomic E-state index is -0.542. The lowest BCUT2D eigenvalue weighted by molar-refractivity contribution is -0.121. The highest BCUT2D eigenvalue weighted by Crippen LogP contribution is 2.34. The van der Waals surface area contributed by atoms with Gasteiger partial charge in [0.15, 0.2) is 0 Å². The maximum atomic E-state index is 13.4. The summed E-state index contributed by atoms with van der Waals surface area (Å²) in [7, 11) is 1.55. The Bertz CT molecular complexity index is 1690. The SMILES string of the molecule is COc1cccc(/C=C(\NC(=O)c2ccccc2)C(=O)Nc2ccc(SC3CC(=O)N(c4ccc(C)cc4)C3=O)cc2)c1. The van der Waals surface area contributed by atoms with Crippen LogP contribution in [-0.2, 0) is 14.4 Å². The van der Waals surface area contributed by atoms with Gasteiger partial charge in [0, 0.05) is 22.6 Å². The molecule has 9 heteroatoms. The van der Waals surface area contributed by atoms with Gasteiger partial charge in [-0.3, -0.25) is 19.2 Å². The fraction of sp³-hybridized carbons (Fsp3) is 0.118. The third-order valence-corrected chi connectivity index (χ3v) is 7.92. The Balaban J connectivity index is 1.28. The Morgan fingerprint density at radius 1 is 0.907 bits per heavy atom. The van der Waals surface area contributed by atoms with Crippen LogP contribution in [0.1, 0.15) is 27.9 Å². The molecule has 0 aliphatic carbocycles. The highest BCUT2D eigenvalue weighted by atomic mass is 32.2. The van der Waals surface area contributed by atoms with E-state index in [4.69, 9.17) is 4.74 Å². The van der Waals surface area contributed by atoms with Crippen molar-refractivity contribution in [1.82, 2.24) is 5.32 Å². The second-order valence-corrected chi connectivity index (χ2v) is 11.1. The summed E-state index contributed by atoms with van der Waals surface area (Å²) >= 11 is 1.30. The number of ether oxygens (including phenoxy) is 1. The maximum Gasteiger partial charge on any atom is 0.272 e. The summed E-state index contributed by atoms with van der Waals surface area (Å²) in [6, 6.07) is 30.0. The molecule has 2 N–H and O–H groups in total. The van der Waals surface area contributed by atoms with Gasteiger partial charge in [-0.25, -0.2) is 4.90 Å². The number of hydrogen-bond acceptors (Lipinski definition) is 6. The molecular weight excluding hydrogens is 562 g/mol. The zero-order valence-electron chi connectivity index (χ0n) is 23.6. The molecule has 0 radical (unpaired) electrons. The maximum absolute atomic E-state index is 13.4. The number of hydrogen-bond donors (Lipinski definition) is 2. The highest BCUT2D eigenvalue weighted by Gasteiger charge is 2.40. The number of aryl methyl sites for hydroxylation is 1. The number of carbonyl (C=O) groups excluding carboxylic acids is 4. The van der Waals surface area contributed by atoms with Crippen molar-refractivity contribution < 1.29 is 23.9 Å². The van der Waals surface area contributed by atoms with E-state index < -0.39 is 17.1 Å². The molecule has 4 amide bonds. The highest BCUT2D eigenvalue weighted by molar-refractivity contribution is 8.00. The van der Waals surface area contributed by atoms with Gasteiger partial charge in [0.25, 0.3) is 11.8 Å². The van der Waals surface area contributed by atoms with Gasteiger partial charge in [0.2, 0.25) is 11.8 Å². The van der Waals surface area contributed by atoms with Crippen LogP contribution >= 0.6 is 11.8 Å². The van der Waals surface area contributed by atoms with E-state index in [-0.39, 0.29) is 23.9 Å². The Labute approximate surface area is 253 Å². The van der Waals surface area contributed by atoms with Gasteiger partial charge in [-0.15, -0.1) is 11.8 Å². The lowest BCUT2D eigenvalue weighted by Crippen LogP contribution is -2.31. The average Bonchev–Trinajstić information content (AvgIpc) is 3.30. The van der Waals surface area contributed by atoms with Crippen LogP contribution in [0, 0.1) is 6.92 Å². The first kappa shape index (κ1) is 29.3. The van der Waals surface area contributed by atoms with E-state index in [1.807, 2.05) is 19.1 Å². The van der Waals surface area contributed by atoms with Crippen molar-refractivity contribution in [3.8, 4) is 5.75 Å². The standard InChI is InChI=1S/C34H29N3O5S/c1-22-11-15-26(16-12-22)37-31(38)21-30(34(37)41)43-28-17-13-25(14-18-28)35-33(40)29(20-23-7-6-10-27(19-23)42-2)36-32(39)24-8-4-3-5-9-24/h3-20,30H,21H2,1-2H3,(H,35,40)(H,36,39)/b29-20-. The summed E-state index contributed by atoms with van der Waals surface area (Å²) in [4.78, 5) is 54.0. The summed E-state index contributed by atoms with van der Waals surface area (Å²) in [5.41, 5.74) is 3.23. The summed E-state index contributed by atoms with van der Waals surface area (Å²) in [5.74, 6) is -0.814. The molecule has 43 heavy (non-hydrogen) atoms. The minimum absolute atomic E-state index is 0.0480. The van der Waals surface area contributed by atoms with Gasteiger partial charge in [-0.05, 0) is 79.2 Å². The number of rotatable bonds is 9. The number of imide groups is 1. The molecule has 4 aromatic rings. The predicted octanol–water partition coefficient (Wildman–Crippen LogP) is 5.84. The number of thioether (sulfide) groups is 1. The lowest BCUT2D eigenvalue weighted by atomic mass is 10.1. The number of methoxy groups -OCH3 is 1. The second kappa shape index (κ2) is 13.2. The zero-order valence-corrected chi connectivity index (χ0v) is 24.4. The number of benzene rings is 4. The van der Waals surface area contributed by atoms with Gasteiger partial charge in [0.1, 0.15) is 11.4 Å². The van der Waals surface area contributed by atoms with E-state index in [0.717, 1.165) is 10.5 Å². The fourth-order valence-electron chi connectivity index (χ4n) is 4.48. The Kier molecular flexibility index (Phi) is 9.02. The Hall–Kier alpha value is -5.15. The van der Waals surface area contributed by atoms with Crippen molar-refractivity contribution in [1.29, 1.82) is 0 Å². The smallest absolute Gasteiger partial charge is 0.272 e. The molecule has 0 saturated carbocycles. The molecule has 4 aromatic carbocycles. The molecule has 5 rings (SSSR count). The number of amides is 4. The number of carbonyl (C=O) groups is 4. The van der Waals surface area contributed by atoms with Crippen molar-refractivity contribution in [3.63, 3.8) is 0 Å². The molecule has 1 heterocycles. The largest absolute Gasteiger partial charge is 0.497 e. The first-order chi connectivity index (χ1) is 20.8. The van der Waals surface area contributed by atoms with Crippen LogP contribution in [-0.4, -0.2) is 36.0 Å². The van der Waals surface area contributed by atoms with Crippen LogP contribution < -0.4 is 20.3 Å². The third kappa shape index (κ3) is 7.20. The quantitative estimate of drug-likeness (QED) is 0.187. The van der Waals surface area contributed by atoms with E-state index >= 15 is 0 Å². The van der Waals surface area contributed by atoms with Crippen LogP contribution in [0.3, 0.4) is 0 Å².